The highest BCUT2D eigenvalue weighted by molar-refractivity contribution is 6.07. The van der Waals surface area contributed by atoms with E-state index in [1.807, 2.05) is 39.1 Å². The van der Waals surface area contributed by atoms with Gasteiger partial charge in [-0.2, -0.15) is 0 Å². The lowest BCUT2D eigenvalue weighted by Gasteiger charge is -2.22. The Labute approximate surface area is 153 Å². The number of fused-ring (bicyclic) bond motifs is 1. The molecule has 2 aliphatic rings. The normalized spacial score (nSPS) is 18.7. The van der Waals surface area contributed by atoms with Gasteiger partial charge in [0.05, 0.1) is 11.6 Å². The van der Waals surface area contributed by atoms with E-state index in [-0.39, 0.29) is 5.91 Å². The van der Waals surface area contributed by atoms with Gasteiger partial charge in [0.15, 0.2) is 5.76 Å². The van der Waals surface area contributed by atoms with Crippen molar-refractivity contribution in [3.63, 3.8) is 0 Å². The standard InChI is InChI=1S/C21H23N3O2/c1-13-10-15(8-9-23(13)4)19-22-12-18(26-19)14-6-7-16-17(11-14)24(5)20(25)21(16,2)3/h6-8,10-12H,9H2,1-5H3. The summed E-state index contributed by atoms with van der Waals surface area (Å²) in [5.74, 6) is 1.44. The summed E-state index contributed by atoms with van der Waals surface area (Å²) in [5.41, 5.74) is 4.60. The molecule has 0 fully saturated rings. The van der Waals surface area contributed by atoms with Crippen molar-refractivity contribution in [2.45, 2.75) is 26.2 Å². The number of allylic oxidation sites excluding steroid dienone is 3. The Morgan fingerprint density at radius 2 is 2.00 bits per heavy atom. The second-order valence-electron chi connectivity index (χ2n) is 7.58. The minimum absolute atomic E-state index is 0.111. The first kappa shape index (κ1) is 16.6. The highest BCUT2D eigenvalue weighted by atomic mass is 16.4. The minimum Gasteiger partial charge on any atom is -0.436 e. The zero-order valence-electron chi connectivity index (χ0n) is 15.8. The van der Waals surface area contributed by atoms with Gasteiger partial charge in [-0.15, -0.1) is 0 Å². The maximum Gasteiger partial charge on any atom is 0.236 e. The Balaban J connectivity index is 1.69. The molecule has 26 heavy (non-hydrogen) atoms. The summed E-state index contributed by atoms with van der Waals surface area (Å²) < 4.78 is 6.02. The molecule has 0 unspecified atom stereocenters. The van der Waals surface area contributed by atoms with Crippen LogP contribution < -0.4 is 4.90 Å². The lowest BCUT2D eigenvalue weighted by molar-refractivity contribution is -0.121. The predicted octanol–water partition coefficient (Wildman–Crippen LogP) is 3.83. The summed E-state index contributed by atoms with van der Waals surface area (Å²) in [6.07, 6.45) is 5.94. The van der Waals surface area contributed by atoms with Crippen molar-refractivity contribution in [1.82, 2.24) is 9.88 Å². The molecular formula is C21H23N3O2. The Bertz CT molecular complexity index is 965. The molecule has 0 bridgehead atoms. The number of hydrogen-bond donors (Lipinski definition) is 0. The molecule has 0 atom stereocenters. The molecule has 1 amide bonds. The highest BCUT2D eigenvalue weighted by Crippen LogP contribution is 2.42. The second-order valence-corrected chi connectivity index (χ2v) is 7.58. The fourth-order valence-electron chi connectivity index (χ4n) is 3.60. The molecule has 1 aromatic carbocycles. The number of carbonyl (C=O) groups excluding carboxylic acids is 1. The van der Waals surface area contributed by atoms with Gasteiger partial charge in [-0.3, -0.25) is 4.79 Å². The van der Waals surface area contributed by atoms with Crippen LogP contribution in [0.25, 0.3) is 16.9 Å². The number of aromatic nitrogens is 1. The summed E-state index contributed by atoms with van der Waals surface area (Å²) in [6, 6.07) is 6.03. The van der Waals surface area contributed by atoms with Gasteiger partial charge in [0, 0.05) is 43.2 Å². The quantitative estimate of drug-likeness (QED) is 0.827. The third-order valence-corrected chi connectivity index (χ3v) is 5.46. The van der Waals surface area contributed by atoms with E-state index < -0.39 is 5.41 Å². The van der Waals surface area contributed by atoms with Crippen molar-refractivity contribution >= 4 is 17.2 Å². The zero-order chi connectivity index (χ0) is 18.6. The van der Waals surface area contributed by atoms with Crippen LogP contribution >= 0.6 is 0 Å². The summed E-state index contributed by atoms with van der Waals surface area (Å²) in [4.78, 5) is 20.8. The van der Waals surface area contributed by atoms with Crippen molar-refractivity contribution in [3.05, 3.63) is 53.7 Å². The Kier molecular flexibility index (Phi) is 3.58. The van der Waals surface area contributed by atoms with E-state index in [1.165, 1.54) is 5.70 Å². The van der Waals surface area contributed by atoms with Crippen LogP contribution in [-0.2, 0) is 10.2 Å². The third-order valence-electron chi connectivity index (χ3n) is 5.46. The molecule has 4 rings (SSSR count). The van der Waals surface area contributed by atoms with Gasteiger partial charge in [-0.1, -0.05) is 18.2 Å². The molecule has 0 saturated heterocycles. The second kappa shape index (κ2) is 5.59. The predicted molar refractivity (Wildman–Crippen MR) is 103 cm³/mol. The number of rotatable bonds is 2. The molecule has 2 aromatic rings. The molecule has 5 heteroatoms. The van der Waals surface area contributed by atoms with Gasteiger partial charge in [-0.25, -0.2) is 4.98 Å². The average molecular weight is 349 g/mol. The van der Waals surface area contributed by atoms with E-state index in [0.717, 1.165) is 28.9 Å². The first-order chi connectivity index (χ1) is 12.3. The number of likely N-dealkylation sites (N-methyl/N-ethyl adjacent to an activating group) is 2. The molecule has 1 aromatic heterocycles. The summed E-state index contributed by atoms with van der Waals surface area (Å²) in [5, 5.41) is 0. The number of carbonyl (C=O) groups is 1. The maximum atomic E-state index is 12.5. The first-order valence-corrected chi connectivity index (χ1v) is 8.78. The molecule has 0 radical (unpaired) electrons. The summed E-state index contributed by atoms with van der Waals surface area (Å²) in [6.45, 7) is 6.85. The van der Waals surface area contributed by atoms with E-state index >= 15 is 0 Å². The monoisotopic (exact) mass is 349 g/mol. The van der Waals surface area contributed by atoms with Gasteiger partial charge in [0.2, 0.25) is 11.8 Å². The third kappa shape index (κ3) is 2.38. The van der Waals surface area contributed by atoms with Crippen molar-refractivity contribution in [2.75, 3.05) is 25.5 Å². The molecular weight excluding hydrogens is 326 g/mol. The van der Waals surface area contributed by atoms with Crippen molar-refractivity contribution in [1.29, 1.82) is 0 Å². The van der Waals surface area contributed by atoms with E-state index in [0.29, 0.717) is 11.7 Å². The van der Waals surface area contributed by atoms with Crippen LogP contribution in [0.15, 0.2) is 46.7 Å². The lowest BCUT2D eigenvalue weighted by Crippen LogP contribution is -2.33. The van der Waals surface area contributed by atoms with Crippen LogP contribution in [-0.4, -0.2) is 36.4 Å². The molecule has 0 saturated carbocycles. The number of nitrogens with zero attached hydrogens (tertiary/aromatic N) is 3. The molecule has 0 N–H and O–H groups in total. The van der Waals surface area contributed by atoms with E-state index in [1.54, 1.807) is 11.1 Å². The Morgan fingerprint density at radius 1 is 1.23 bits per heavy atom. The lowest BCUT2D eigenvalue weighted by atomic mass is 9.86. The van der Waals surface area contributed by atoms with Crippen LogP contribution in [0.1, 0.15) is 32.2 Å². The smallest absolute Gasteiger partial charge is 0.236 e. The maximum absolute atomic E-state index is 12.5. The van der Waals surface area contributed by atoms with Gasteiger partial charge in [-0.05, 0) is 38.5 Å². The van der Waals surface area contributed by atoms with Crippen LogP contribution in [0.3, 0.4) is 0 Å². The van der Waals surface area contributed by atoms with Gasteiger partial charge >= 0.3 is 0 Å². The minimum atomic E-state index is -0.490. The first-order valence-electron chi connectivity index (χ1n) is 8.78. The topological polar surface area (TPSA) is 49.6 Å². The van der Waals surface area contributed by atoms with Crippen LogP contribution in [0.2, 0.25) is 0 Å². The van der Waals surface area contributed by atoms with Crippen LogP contribution in [0.4, 0.5) is 5.69 Å². The largest absolute Gasteiger partial charge is 0.436 e. The summed E-state index contributed by atoms with van der Waals surface area (Å²) in [7, 11) is 3.88. The number of amides is 1. The highest BCUT2D eigenvalue weighted by Gasteiger charge is 2.42. The molecule has 3 heterocycles. The summed E-state index contributed by atoms with van der Waals surface area (Å²) >= 11 is 0. The van der Waals surface area contributed by atoms with E-state index in [2.05, 4.69) is 36.0 Å². The van der Waals surface area contributed by atoms with Crippen LogP contribution in [0.5, 0.6) is 0 Å². The fourth-order valence-corrected chi connectivity index (χ4v) is 3.60. The Hall–Kier alpha value is -2.82. The van der Waals surface area contributed by atoms with Gasteiger partial charge < -0.3 is 14.2 Å². The number of oxazole rings is 1. The van der Waals surface area contributed by atoms with Gasteiger partial charge in [0.1, 0.15) is 0 Å². The zero-order valence-corrected chi connectivity index (χ0v) is 15.8. The molecule has 5 nitrogen and oxygen atoms in total. The average Bonchev–Trinajstić information content (AvgIpc) is 3.17. The fraction of sp³-hybridized carbons (Fsp3) is 0.333. The van der Waals surface area contributed by atoms with Crippen molar-refractivity contribution in [3.8, 4) is 11.3 Å². The molecule has 0 spiro atoms. The van der Waals surface area contributed by atoms with Crippen molar-refractivity contribution < 1.29 is 9.21 Å². The molecule has 0 aliphatic carbocycles. The van der Waals surface area contributed by atoms with Crippen molar-refractivity contribution in [2.24, 2.45) is 0 Å². The number of benzene rings is 1. The number of hydrogen-bond acceptors (Lipinski definition) is 4. The van der Waals surface area contributed by atoms with Crippen LogP contribution in [0, 0.1) is 0 Å². The number of anilines is 1. The van der Waals surface area contributed by atoms with E-state index in [9.17, 15) is 4.79 Å². The molecule has 134 valence electrons. The SMILES string of the molecule is CC1=CC(c2ncc(-c3ccc4c(c3)N(C)C(=O)C4(C)C)o2)=CCN1C. The van der Waals surface area contributed by atoms with Gasteiger partial charge in [0.25, 0.3) is 0 Å². The van der Waals surface area contributed by atoms with E-state index in [4.69, 9.17) is 4.42 Å². The Morgan fingerprint density at radius 3 is 2.73 bits per heavy atom. The molecule has 2 aliphatic heterocycles.